The number of sulfonamides is 1. The van der Waals surface area contributed by atoms with Crippen LogP contribution in [0.15, 0.2) is 29.2 Å². The van der Waals surface area contributed by atoms with Crippen molar-refractivity contribution >= 4 is 21.6 Å². The molecule has 1 unspecified atom stereocenters. The highest BCUT2D eigenvalue weighted by Crippen LogP contribution is 2.30. The van der Waals surface area contributed by atoms with Gasteiger partial charge in [0.05, 0.1) is 0 Å². The number of hydrogen-bond acceptors (Lipinski definition) is 4. The molecular weight excluding hydrogens is 412 g/mol. The van der Waals surface area contributed by atoms with Gasteiger partial charge in [-0.25, -0.2) is 8.42 Å². The van der Waals surface area contributed by atoms with E-state index in [0.717, 1.165) is 19.4 Å². The number of anilines is 1. The lowest BCUT2D eigenvalue weighted by Gasteiger charge is -2.41. The van der Waals surface area contributed by atoms with Crippen LogP contribution < -0.4 is 4.90 Å². The molecule has 0 aliphatic carbocycles. The van der Waals surface area contributed by atoms with Crippen LogP contribution in [0.3, 0.4) is 0 Å². The fourth-order valence-electron chi connectivity index (χ4n) is 4.88. The SMILES string of the molecule is Cc1cccc(N2CCN(C(=O)c3[nH]c(C)c(S(=O)(=O)N4CCCC4)c3C)CC2C)c1. The van der Waals surface area contributed by atoms with Gasteiger partial charge < -0.3 is 14.8 Å². The number of aryl methyl sites for hydroxylation is 2. The number of carbonyl (C=O) groups is 1. The zero-order valence-electron chi connectivity index (χ0n) is 18.8. The number of hydrogen-bond donors (Lipinski definition) is 1. The van der Waals surface area contributed by atoms with Gasteiger partial charge in [0.25, 0.3) is 5.91 Å². The van der Waals surface area contributed by atoms with Crippen LogP contribution in [-0.2, 0) is 10.0 Å². The molecule has 4 rings (SSSR count). The van der Waals surface area contributed by atoms with Gasteiger partial charge in [-0.3, -0.25) is 4.79 Å². The summed E-state index contributed by atoms with van der Waals surface area (Å²) in [4.78, 5) is 20.9. The predicted octanol–water partition coefficient (Wildman–Crippen LogP) is 3.08. The molecule has 1 amide bonds. The summed E-state index contributed by atoms with van der Waals surface area (Å²) in [6, 6.07) is 8.58. The number of nitrogens with zero attached hydrogens (tertiary/aromatic N) is 3. The van der Waals surface area contributed by atoms with Crippen molar-refractivity contribution < 1.29 is 13.2 Å². The van der Waals surface area contributed by atoms with Gasteiger partial charge in [0.1, 0.15) is 10.6 Å². The highest BCUT2D eigenvalue weighted by atomic mass is 32.2. The molecular formula is C23H32N4O3S. The Bertz CT molecular complexity index is 1090. The minimum atomic E-state index is -3.58. The largest absolute Gasteiger partial charge is 0.365 e. The van der Waals surface area contributed by atoms with E-state index in [-0.39, 0.29) is 16.8 Å². The summed E-state index contributed by atoms with van der Waals surface area (Å²) in [5, 5.41) is 0. The van der Waals surface area contributed by atoms with Crippen molar-refractivity contribution in [1.29, 1.82) is 0 Å². The van der Waals surface area contributed by atoms with Crippen molar-refractivity contribution in [1.82, 2.24) is 14.2 Å². The lowest BCUT2D eigenvalue weighted by molar-refractivity contribution is 0.0720. The molecule has 2 aromatic rings. The monoisotopic (exact) mass is 444 g/mol. The zero-order chi connectivity index (χ0) is 22.3. The fourth-order valence-corrected chi connectivity index (χ4v) is 6.81. The van der Waals surface area contributed by atoms with Crippen LogP contribution in [0.4, 0.5) is 5.69 Å². The third-order valence-electron chi connectivity index (χ3n) is 6.49. The van der Waals surface area contributed by atoms with Crippen LogP contribution in [-0.4, -0.2) is 67.3 Å². The van der Waals surface area contributed by atoms with Crippen LogP contribution in [0.5, 0.6) is 0 Å². The first kappa shape index (κ1) is 21.9. The van der Waals surface area contributed by atoms with Gasteiger partial charge in [0.15, 0.2) is 0 Å². The second-order valence-electron chi connectivity index (χ2n) is 8.82. The van der Waals surface area contributed by atoms with Gasteiger partial charge >= 0.3 is 0 Å². The van der Waals surface area contributed by atoms with E-state index in [1.54, 1.807) is 13.8 Å². The lowest BCUT2D eigenvalue weighted by Crippen LogP contribution is -2.54. The lowest BCUT2D eigenvalue weighted by atomic mass is 10.1. The van der Waals surface area contributed by atoms with E-state index >= 15 is 0 Å². The second-order valence-corrected chi connectivity index (χ2v) is 10.7. The molecule has 2 aliphatic heterocycles. The number of aromatic nitrogens is 1. The molecule has 0 spiro atoms. The molecule has 2 fully saturated rings. The Morgan fingerprint density at radius 2 is 1.77 bits per heavy atom. The highest BCUT2D eigenvalue weighted by Gasteiger charge is 2.35. The van der Waals surface area contributed by atoms with Crippen LogP contribution in [0.1, 0.15) is 47.1 Å². The third-order valence-corrected chi connectivity index (χ3v) is 8.67. The van der Waals surface area contributed by atoms with Crippen molar-refractivity contribution in [2.75, 3.05) is 37.6 Å². The maximum atomic E-state index is 13.3. The number of aromatic amines is 1. The van der Waals surface area contributed by atoms with Gasteiger partial charge in [-0.1, -0.05) is 12.1 Å². The molecule has 0 radical (unpaired) electrons. The molecule has 168 valence electrons. The maximum Gasteiger partial charge on any atom is 0.270 e. The molecule has 1 atom stereocenters. The number of rotatable bonds is 4. The zero-order valence-corrected chi connectivity index (χ0v) is 19.6. The highest BCUT2D eigenvalue weighted by molar-refractivity contribution is 7.89. The van der Waals surface area contributed by atoms with E-state index in [9.17, 15) is 13.2 Å². The average molecular weight is 445 g/mol. The smallest absolute Gasteiger partial charge is 0.270 e. The topological polar surface area (TPSA) is 76.7 Å². The van der Waals surface area contributed by atoms with E-state index in [1.165, 1.54) is 15.6 Å². The van der Waals surface area contributed by atoms with Gasteiger partial charge in [-0.2, -0.15) is 4.31 Å². The Morgan fingerprint density at radius 1 is 1.06 bits per heavy atom. The summed E-state index contributed by atoms with van der Waals surface area (Å²) < 4.78 is 27.8. The number of carbonyl (C=O) groups excluding carboxylic acids is 1. The molecule has 1 aromatic heterocycles. The maximum absolute atomic E-state index is 13.3. The van der Waals surface area contributed by atoms with E-state index < -0.39 is 10.0 Å². The normalized spacial score (nSPS) is 20.5. The number of amides is 1. The van der Waals surface area contributed by atoms with Gasteiger partial charge in [0, 0.05) is 50.1 Å². The first-order valence-electron chi connectivity index (χ1n) is 11.0. The van der Waals surface area contributed by atoms with Gasteiger partial charge in [-0.05, 0) is 63.8 Å². The van der Waals surface area contributed by atoms with Crippen molar-refractivity contribution in [3.63, 3.8) is 0 Å². The minimum absolute atomic E-state index is 0.126. The van der Waals surface area contributed by atoms with Crippen molar-refractivity contribution in [2.45, 2.75) is 51.5 Å². The summed E-state index contributed by atoms with van der Waals surface area (Å²) in [5.41, 5.74) is 3.85. The molecule has 3 heterocycles. The molecule has 0 bridgehead atoms. The summed E-state index contributed by atoms with van der Waals surface area (Å²) in [6.45, 7) is 10.7. The molecule has 1 N–H and O–H groups in total. The third kappa shape index (κ3) is 3.99. The van der Waals surface area contributed by atoms with Gasteiger partial charge in [-0.15, -0.1) is 0 Å². The van der Waals surface area contributed by atoms with Crippen LogP contribution >= 0.6 is 0 Å². The van der Waals surface area contributed by atoms with E-state index in [4.69, 9.17) is 0 Å². The molecule has 2 saturated heterocycles. The second kappa shape index (κ2) is 8.31. The summed E-state index contributed by atoms with van der Waals surface area (Å²) in [7, 11) is -3.58. The van der Waals surface area contributed by atoms with Crippen molar-refractivity contribution in [2.24, 2.45) is 0 Å². The molecule has 1 aromatic carbocycles. The molecule has 0 saturated carbocycles. The quantitative estimate of drug-likeness (QED) is 0.786. The van der Waals surface area contributed by atoms with Crippen molar-refractivity contribution in [3.05, 3.63) is 46.8 Å². The number of benzene rings is 1. The Hall–Kier alpha value is -2.32. The van der Waals surface area contributed by atoms with E-state index in [1.807, 2.05) is 4.90 Å². The Morgan fingerprint density at radius 3 is 2.42 bits per heavy atom. The summed E-state index contributed by atoms with van der Waals surface area (Å²) >= 11 is 0. The molecule has 2 aliphatic rings. The summed E-state index contributed by atoms with van der Waals surface area (Å²) in [5.74, 6) is -0.126. The van der Waals surface area contributed by atoms with Gasteiger partial charge in [0.2, 0.25) is 10.0 Å². The Balaban J connectivity index is 1.54. The van der Waals surface area contributed by atoms with E-state index in [0.29, 0.717) is 43.1 Å². The summed E-state index contributed by atoms with van der Waals surface area (Å²) in [6.07, 6.45) is 1.77. The van der Waals surface area contributed by atoms with Crippen LogP contribution in [0.25, 0.3) is 0 Å². The minimum Gasteiger partial charge on any atom is -0.365 e. The van der Waals surface area contributed by atoms with Crippen LogP contribution in [0.2, 0.25) is 0 Å². The molecule has 31 heavy (non-hydrogen) atoms. The molecule has 7 nitrogen and oxygen atoms in total. The predicted molar refractivity (Wildman–Crippen MR) is 122 cm³/mol. The number of nitrogens with one attached hydrogen (secondary N) is 1. The first-order valence-corrected chi connectivity index (χ1v) is 12.5. The Kier molecular flexibility index (Phi) is 5.87. The fraction of sp³-hybridized carbons (Fsp3) is 0.522. The number of piperazine rings is 1. The standard InChI is InChI=1S/C23H32N4O3S/c1-16-8-7-9-20(14-16)27-13-12-25(15-17(27)2)23(28)21-18(3)22(19(4)24-21)31(29,30)26-10-5-6-11-26/h7-9,14,17,24H,5-6,10-13,15H2,1-4H3. The first-order chi connectivity index (χ1) is 14.7. The number of H-pyrrole nitrogens is 1. The van der Waals surface area contributed by atoms with Crippen LogP contribution in [0, 0.1) is 20.8 Å². The molecule has 8 heteroatoms. The van der Waals surface area contributed by atoms with E-state index in [2.05, 4.69) is 48.0 Å². The average Bonchev–Trinajstić information content (AvgIpc) is 3.36. The van der Waals surface area contributed by atoms with Crippen molar-refractivity contribution in [3.8, 4) is 0 Å². The Labute approximate surface area is 185 Å².